The predicted octanol–water partition coefficient (Wildman–Crippen LogP) is 3.04. The van der Waals surface area contributed by atoms with Gasteiger partial charge in [-0.05, 0) is 37.6 Å². The number of amides is 1. The van der Waals surface area contributed by atoms with Crippen molar-refractivity contribution in [3.63, 3.8) is 0 Å². The second-order valence-electron chi connectivity index (χ2n) is 6.16. The fourth-order valence-electron chi connectivity index (χ4n) is 2.54. The molecule has 0 aliphatic heterocycles. The molecule has 2 aromatic heterocycles. The van der Waals surface area contributed by atoms with Crippen molar-refractivity contribution in [3.05, 3.63) is 59.7 Å². The van der Waals surface area contributed by atoms with E-state index in [2.05, 4.69) is 15.2 Å². The molecule has 2 heterocycles. The first-order chi connectivity index (χ1) is 13.1. The number of carbonyl (C=O) groups excluding carboxylic acids is 1. The van der Waals surface area contributed by atoms with Gasteiger partial charge < -0.3 is 14.1 Å². The number of benzene rings is 1. The Morgan fingerprint density at radius 1 is 1.15 bits per heavy atom. The lowest BCUT2D eigenvalue weighted by Crippen LogP contribution is -2.31. The van der Waals surface area contributed by atoms with E-state index < -0.39 is 0 Å². The van der Waals surface area contributed by atoms with E-state index in [-0.39, 0.29) is 19.1 Å². The Hall–Kier alpha value is -3.22. The summed E-state index contributed by atoms with van der Waals surface area (Å²) in [5.41, 5.74) is 2.61. The third-order valence-electron chi connectivity index (χ3n) is 4.04. The Balaban J connectivity index is 1.58. The van der Waals surface area contributed by atoms with Crippen molar-refractivity contribution in [3.8, 4) is 17.2 Å². The molecule has 0 unspecified atom stereocenters. The van der Waals surface area contributed by atoms with Gasteiger partial charge in [-0.3, -0.25) is 9.78 Å². The molecule has 27 heavy (non-hydrogen) atoms. The number of likely N-dealkylation sites (N-methyl/N-ethyl adjacent to an activating group) is 1. The van der Waals surface area contributed by atoms with Crippen molar-refractivity contribution in [1.29, 1.82) is 0 Å². The van der Waals surface area contributed by atoms with Crippen molar-refractivity contribution in [2.45, 2.75) is 26.8 Å². The molecule has 0 saturated carbocycles. The Kier molecular flexibility index (Phi) is 5.80. The Morgan fingerprint density at radius 2 is 1.93 bits per heavy atom. The summed E-state index contributed by atoms with van der Waals surface area (Å²) in [5.74, 6) is 1.25. The van der Waals surface area contributed by atoms with Gasteiger partial charge in [0.05, 0.1) is 12.2 Å². The molecule has 1 aromatic carbocycles. The van der Waals surface area contributed by atoms with Crippen LogP contribution in [0.15, 0.2) is 46.9 Å². The Morgan fingerprint density at radius 3 is 2.67 bits per heavy atom. The molecular weight excluding hydrogens is 344 g/mol. The smallest absolute Gasteiger partial charge is 0.260 e. The first kappa shape index (κ1) is 18.6. The highest BCUT2D eigenvalue weighted by atomic mass is 16.5. The highest BCUT2D eigenvalue weighted by Gasteiger charge is 2.16. The first-order valence-corrected chi connectivity index (χ1v) is 8.78. The lowest BCUT2D eigenvalue weighted by Gasteiger charge is -2.16. The third-order valence-corrected chi connectivity index (χ3v) is 4.04. The quantitative estimate of drug-likeness (QED) is 0.639. The molecule has 140 valence electrons. The fourth-order valence-corrected chi connectivity index (χ4v) is 2.54. The van der Waals surface area contributed by atoms with Crippen LogP contribution in [0.25, 0.3) is 11.5 Å². The van der Waals surface area contributed by atoms with Crippen LogP contribution < -0.4 is 4.74 Å². The van der Waals surface area contributed by atoms with E-state index in [1.54, 1.807) is 7.05 Å². The molecular formula is C20H22N4O3. The van der Waals surface area contributed by atoms with Gasteiger partial charge in [0.1, 0.15) is 5.75 Å². The number of rotatable bonds is 7. The summed E-state index contributed by atoms with van der Waals surface area (Å²) in [7, 11) is 1.67. The van der Waals surface area contributed by atoms with Crippen molar-refractivity contribution >= 4 is 5.91 Å². The number of pyridine rings is 1. The SMILES string of the molecule is CCc1nc(C)ccc1OCC(=O)N(C)Cc1nnc(-c2ccccc2)o1. The van der Waals surface area contributed by atoms with E-state index in [1.165, 1.54) is 4.90 Å². The first-order valence-electron chi connectivity index (χ1n) is 8.78. The van der Waals surface area contributed by atoms with Crippen LogP contribution in [0.2, 0.25) is 0 Å². The summed E-state index contributed by atoms with van der Waals surface area (Å²) in [6.07, 6.45) is 0.741. The molecule has 0 spiro atoms. The van der Waals surface area contributed by atoms with Crippen molar-refractivity contribution in [2.24, 2.45) is 0 Å². The van der Waals surface area contributed by atoms with Crippen LogP contribution in [-0.4, -0.2) is 39.6 Å². The average molecular weight is 366 g/mol. The highest BCUT2D eigenvalue weighted by molar-refractivity contribution is 5.77. The number of aryl methyl sites for hydroxylation is 2. The zero-order chi connectivity index (χ0) is 19.2. The molecule has 1 amide bonds. The standard InChI is InChI=1S/C20H22N4O3/c1-4-16-17(11-10-14(2)21-16)26-13-19(25)24(3)12-18-22-23-20(27-18)15-8-6-5-7-9-15/h5-11H,4,12-13H2,1-3H3. The third kappa shape index (κ3) is 4.69. The summed E-state index contributed by atoms with van der Waals surface area (Å²) in [4.78, 5) is 18.3. The van der Waals surface area contributed by atoms with Gasteiger partial charge in [-0.15, -0.1) is 10.2 Å². The largest absolute Gasteiger partial charge is 0.482 e. The maximum atomic E-state index is 12.4. The molecule has 3 aromatic rings. The number of ether oxygens (including phenoxy) is 1. The fraction of sp³-hybridized carbons (Fsp3) is 0.300. The van der Waals surface area contributed by atoms with Gasteiger partial charge in [0.25, 0.3) is 5.91 Å². The van der Waals surface area contributed by atoms with Crippen LogP contribution in [0.4, 0.5) is 0 Å². The lowest BCUT2D eigenvalue weighted by atomic mass is 10.2. The molecule has 7 heteroatoms. The number of hydrogen-bond acceptors (Lipinski definition) is 6. The summed E-state index contributed by atoms with van der Waals surface area (Å²) in [6, 6.07) is 13.2. The summed E-state index contributed by atoms with van der Waals surface area (Å²) in [6.45, 7) is 4.07. The number of nitrogens with zero attached hydrogens (tertiary/aromatic N) is 4. The normalized spacial score (nSPS) is 10.6. The van der Waals surface area contributed by atoms with Gasteiger partial charge in [0.2, 0.25) is 11.8 Å². The Bertz CT molecular complexity index is 909. The van der Waals surface area contributed by atoms with E-state index in [4.69, 9.17) is 9.15 Å². The van der Waals surface area contributed by atoms with Gasteiger partial charge in [0.15, 0.2) is 6.61 Å². The molecule has 3 rings (SSSR count). The monoisotopic (exact) mass is 366 g/mol. The summed E-state index contributed by atoms with van der Waals surface area (Å²) in [5, 5.41) is 8.04. The van der Waals surface area contributed by atoms with E-state index in [1.807, 2.05) is 56.3 Å². The highest BCUT2D eigenvalue weighted by Crippen LogP contribution is 2.19. The maximum Gasteiger partial charge on any atom is 0.260 e. The lowest BCUT2D eigenvalue weighted by molar-refractivity contribution is -0.132. The topological polar surface area (TPSA) is 81.4 Å². The molecule has 0 saturated heterocycles. The summed E-state index contributed by atoms with van der Waals surface area (Å²) < 4.78 is 11.3. The average Bonchev–Trinajstić information content (AvgIpc) is 3.15. The van der Waals surface area contributed by atoms with Crippen LogP contribution in [-0.2, 0) is 17.8 Å². The van der Waals surface area contributed by atoms with Gasteiger partial charge in [-0.2, -0.15) is 0 Å². The van der Waals surface area contributed by atoms with E-state index in [9.17, 15) is 4.79 Å². The number of aromatic nitrogens is 3. The van der Waals surface area contributed by atoms with E-state index in [0.717, 1.165) is 23.4 Å². The van der Waals surface area contributed by atoms with Crippen LogP contribution in [0.3, 0.4) is 0 Å². The van der Waals surface area contributed by atoms with Crippen molar-refractivity contribution < 1.29 is 13.9 Å². The second-order valence-corrected chi connectivity index (χ2v) is 6.16. The molecule has 0 fully saturated rings. The summed E-state index contributed by atoms with van der Waals surface area (Å²) >= 11 is 0. The minimum absolute atomic E-state index is 0.0755. The van der Waals surface area contributed by atoms with Crippen molar-refractivity contribution in [1.82, 2.24) is 20.1 Å². The molecule has 0 N–H and O–H groups in total. The maximum absolute atomic E-state index is 12.4. The van der Waals surface area contributed by atoms with Gasteiger partial charge >= 0.3 is 0 Å². The van der Waals surface area contributed by atoms with Crippen LogP contribution in [0.1, 0.15) is 24.2 Å². The predicted molar refractivity (Wildman–Crippen MR) is 100 cm³/mol. The van der Waals surface area contributed by atoms with Gasteiger partial charge in [-0.25, -0.2) is 0 Å². The minimum atomic E-state index is -0.183. The molecule has 0 aliphatic rings. The number of hydrogen-bond donors (Lipinski definition) is 0. The minimum Gasteiger partial charge on any atom is -0.482 e. The molecule has 0 radical (unpaired) electrons. The molecule has 0 atom stereocenters. The van der Waals surface area contributed by atoms with Crippen LogP contribution >= 0.6 is 0 Å². The second kappa shape index (κ2) is 8.44. The van der Waals surface area contributed by atoms with E-state index >= 15 is 0 Å². The van der Waals surface area contributed by atoms with Gasteiger partial charge in [-0.1, -0.05) is 25.1 Å². The zero-order valence-electron chi connectivity index (χ0n) is 15.7. The molecule has 7 nitrogen and oxygen atoms in total. The molecule has 0 aliphatic carbocycles. The van der Waals surface area contributed by atoms with Gasteiger partial charge in [0, 0.05) is 18.3 Å². The van der Waals surface area contributed by atoms with Crippen molar-refractivity contribution in [2.75, 3.05) is 13.7 Å². The zero-order valence-corrected chi connectivity index (χ0v) is 15.7. The Labute approximate surface area is 158 Å². The molecule has 0 bridgehead atoms. The van der Waals surface area contributed by atoms with Crippen LogP contribution in [0, 0.1) is 6.92 Å². The van der Waals surface area contributed by atoms with Crippen LogP contribution in [0.5, 0.6) is 5.75 Å². The number of carbonyl (C=O) groups is 1. The van der Waals surface area contributed by atoms with E-state index in [0.29, 0.717) is 17.5 Å².